The Balaban J connectivity index is 1.58. The third-order valence-electron chi connectivity index (χ3n) is 4.38. The van der Waals surface area contributed by atoms with Gasteiger partial charge < -0.3 is 10.2 Å². The predicted octanol–water partition coefficient (Wildman–Crippen LogP) is 4.10. The van der Waals surface area contributed by atoms with E-state index >= 15 is 0 Å². The second-order valence-corrected chi connectivity index (χ2v) is 6.45. The van der Waals surface area contributed by atoms with Crippen molar-refractivity contribution in [1.82, 2.24) is 0 Å². The molecule has 2 aromatic carbocycles. The zero-order valence-corrected chi connectivity index (χ0v) is 13.7. The van der Waals surface area contributed by atoms with Crippen molar-refractivity contribution in [2.45, 2.75) is 26.2 Å². The second-order valence-electron chi connectivity index (χ2n) is 6.45. The van der Waals surface area contributed by atoms with Crippen LogP contribution in [0.15, 0.2) is 54.6 Å². The highest BCUT2D eigenvalue weighted by Crippen LogP contribution is 2.24. The van der Waals surface area contributed by atoms with Gasteiger partial charge in [0, 0.05) is 24.5 Å². The molecule has 3 nitrogen and oxygen atoms in total. The van der Waals surface area contributed by atoms with Gasteiger partial charge in [-0.1, -0.05) is 37.3 Å². The van der Waals surface area contributed by atoms with E-state index < -0.39 is 0 Å². The Morgan fingerprint density at radius 1 is 1.13 bits per heavy atom. The highest BCUT2D eigenvalue weighted by atomic mass is 16.1. The van der Waals surface area contributed by atoms with Crippen molar-refractivity contribution >= 4 is 17.3 Å². The third kappa shape index (κ3) is 4.35. The van der Waals surface area contributed by atoms with Crippen LogP contribution in [-0.4, -0.2) is 19.0 Å². The number of anilines is 2. The molecule has 1 N–H and O–H groups in total. The first kappa shape index (κ1) is 15.6. The molecule has 1 unspecified atom stereocenters. The SMILES string of the molecule is CC1CCCN(c2ccc(NC(=O)Cc3ccccc3)cc2)C1. The fourth-order valence-electron chi connectivity index (χ4n) is 3.17. The molecule has 0 saturated carbocycles. The molecule has 23 heavy (non-hydrogen) atoms. The first-order valence-electron chi connectivity index (χ1n) is 8.39. The van der Waals surface area contributed by atoms with Gasteiger partial charge in [0.15, 0.2) is 0 Å². The van der Waals surface area contributed by atoms with Crippen LogP contribution in [0.25, 0.3) is 0 Å². The minimum Gasteiger partial charge on any atom is -0.371 e. The Bertz CT molecular complexity index is 636. The van der Waals surface area contributed by atoms with Gasteiger partial charge in [-0.15, -0.1) is 0 Å². The van der Waals surface area contributed by atoms with E-state index in [0.717, 1.165) is 30.3 Å². The van der Waals surface area contributed by atoms with Crippen molar-refractivity contribution in [3.05, 3.63) is 60.2 Å². The number of amides is 1. The highest BCUT2D eigenvalue weighted by Gasteiger charge is 2.16. The molecule has 0 bridgehead atoms. The predicted molar refractivity (Wildman–Crippen MR) is 95.8 cm³/mol. The van der Waals surface area contributed by atoms with Crippen LogP contribution >= 0.6 is 0 Å². The van der Waals surface area contributed by atoms with E-state index in [9.17, 15) is 4.79 Å². The molecule has 1 heterocycles. The van der Waals surface area contributed by atoms with Gasteiger partial charge in [-0.05, 0) is 48.6 Å². The number of carbonyl (C=O) groups excluding carboxylic acids is 1. The van der Waals surface area contributed by atoms with E-state index in [-0.39, 0.29) is 5.91 Å². The summed E-state index contributed by atoms with van der Waals surface area (Å²) in [5.74, 6) is 0.782. The van der Waals surface area contributed by atoms with Crippen molar-refractivity contribution < 1.29 is 4.79 Å². The average Bonchev–Trinajstić information content (AvgIpc) is 2.56. The number of nitrogens with one attached hydrogen (secondary N) is 1. The fraction of sp³-hybridized carbons (Fsp3) is 0.350. The summed E-state index contributed by atoms with van der Waals surface area (Å²) < 4.78 is 0. The van der Waals surface area contributed by atoms with Gasteiger partial charge in [-0.25, -0.2) is 0 Å². The smallest absolute Gasteiger partial charge is 0.228 e. The fourth-order valence-corrected chi connectivity index (χ4v) is 3.17. The molecule has 120 valence electrons. The van der Waals surface area contributed by atoms with Crippen LogP contribution in [0.5, 0.6) is 0 Å². The van der Waals surface area contributed by atoms with Gasteiger partial charge in [0.25, 0.3) is 0 Å². The maximum absolute atomic E-state index is 12.1. The molecule has 0 aliphatic carbocycles. The molecule has 0 radical (unpaired) electrons. The Morgan fingerprint density at radius 3 is 2.57 bits per heavy atom. The van der Waals surface area contributed by atoms with E-state index in [2.05, 4.69) is 29.3 Å². The van der Waals surface area contributed by atoms with Crippen LogP contribution in [0.4, 0.5) is 11.4 Å². The third-order valence-corrected chi connectivity index (χ3v) is 4.38. The van der Waals surface area contributed by atoms with Gasteiger partial charge in [0.05, 0.1) is 6.42 Å². The Kier molecular flexibility index (Phi) is 4.96. The molecule has 0 aromatic heterocycles. The van der Waals surface area contributed by atoms with Gasteiger partial charge in [0.1, 0.15) is 0 Å². The molecule has 1 aliphatic rings. The number of rotatable bonds is 4. The summed E-state index contributed by atoms with van der Waals surface area (Å²) in [5, 5.41) is 2.97. The lowest BCUT2D eigenvalue weighted by atomic mass is 10.00. The molecule has 1 fully saturated rings. The zero-order valence-electron chi connectivity index (χ0n) is 13.7. The van der Waals surface area contributed by atoms with Crippen LogP contribution in [0.1, 0.15) is 25.3 Å². The van der Waals surface area contributed by atoms with Crippen LogP contribution < -0.4 is 10.2 Å². The first-order valence-corrected chi connectivity index (χ1v) is 8.39. The number of benzene rings is 2. The second kappa shape index (κ2) is 7.32. The number of carbonyl (C=O) groups is 1. The molecule has 2 aromatic rings. The standard InChI is InChI=1S/C20H24N2O/c1-16-6-5-13-22(15-16)19-11-9-18(10-12-19)21-20(23)14-17-7-3-2-4-8-17/h2-4,7-12,16H,5-6,13-15H2,1H3,(H,21,23). The minimum atomic E-state index is 0.0237. The molecule has 0 spiro atoms. The molecule has 1 aliphatic heterocycles. The minimum absolute atomic E-state index is 0.0237. The lowest BCUT2D eigenvalue weighted by molar-refractivity contribution is -0.115. The Labute approximate surface area is 138 Å². The van der Waals surface area contributed by atoms with Crippen LogP contribution in [0.3, 0.4) is 0 Å². The van der Waals surface area contributed by atoms with Crippen LogP contribution in [0, 0.1) is 5.92 Å². The summed E-state index contributed by atoms with van der Waals surface area (Å²) in [6, 6.07) is 18.0. The van der Waals surface area contributed by atoms with Crippen LogP contribution in [-0.2, 0) is 11.2 Å². The quantitative estimate of drug-likeness (QED) is 0.922. The van der Waals surface area contributed by atoms with Crippen molar-refractivity contribution in [2.24, 2.45) is 5.92 Å². The van der Waals surface area contributed by atoms with Gasteiger partial charge in [-0.3, -0.25) is 4.79 Å². The molecule has 1 amide bonds. The monoisotopic (exact) mass is 308 g/mol. The maximum atomic E-state index is 12.1. The molecule has 1 saturated heterocycles. The van der Waals surface area contributed by atoms with Crippen molar-refractivity contribution in [3.63, 3.8) is 0 Å². The Hall–Kier alpha value is -2.29. The van der Waals surface area contributed by atoms with E-state index in [1.807, 2.05) is 42.5 Å². The van der Waals surface area contributed by atoms with Crippen molar-refractivity contribution in [2.75, 3.05) is 23.3 Å². The van der Waals surface area contributed by atoms with E-state index in [1.54, 1.807) is 0 Å². The first-order chi connectivity index (χ1) is 11.2. The molecular formula is C20H24N2O. The number of hydrogen-bond acceptors (Lipinski definition) is 2. The molecule has 1 atom stereocenters. The summed E-state index contributed by atoms with van der Waals surface area (Å²) in [4.78, 5) is 14.5. The number of nitrogens with zero attached hydrogens (tertiary/aromatic N) is 1. The summed E-state index contributed by atoms with van der Waals surface area (Å²) in [6.07, 6.45) is 2.99. The van der Waals surface area contributed by atoms with Gasteiger partial charge in [0.2, 0.25) is 5.91 Å². The van der Waals surface area contributed by atoms with Crippen molar-refractivity contribution in [3.8, 4) is 0 Å². The maximum Gasteiger partial charge on any atom is 0.228 e. The van der Waals surface area contributed by atoms with Crippen molar-refractivity contribution in [1.29, 1.82) is 0 Å². The summed E-state index contributed by atoms with van der Waals surface area (Å²) in [6.45, 7) is 4.56. The molecule has 3 rings (SSSR count). The molecular weight excluding hydrogens is 284 g/mol. The van der Waals surface area contributed by atoms with Crippen LogP contribution in [0.2, 0.25) is 0 Å². The summed E-state index contributed by atoms with van der Waals surface area (Å²) >= 11 is 0. The topological polar surface area (TPSA) is 32.3 Å². The molecule has 3 heteroatoms. The van der Waals surface area contributed by atoms with E-state index in [0.29, 0.717) is 6.42 Å². The van der Waals surface area contributed by atoms with Gasteiger partial charge >= 0.3 is 0 Å². The largest absolute Gasteiger partial charge is 0.371 e. The normalized spacial score (nSPS) is 17.8. The number of piperidine rings is 1. The highest BCUT2D eigenvalue weighted by molar-refractivity contribution is 5.92. The summed E-state index contributed by atoms with van der Waals surface area (Å²) in [5.41, 5.74) is 3.14. The van der Waals surface area contributed by atoms with E-state index in [4.69, 9.17) is 0 Å². The van der Waals surface area contributed by atoms with E-state index in [1.165, 1.54) is 18.5 Å². The summed E-state index contributed by atoms with van der Waals surface area (Å²) in [7, 11) is 0. The number of hydrogen-bond donors (Lipinski definition) is 1. The lowest BCUT2D eigenvalue weighted by Crippen LogP contribution is -2.34. The Morgan fingerprint density at radius 2 is 1.87 bits per heavy atom. The average molecular weight is 308 g/mol. The lowest BCUT2D eigenvalue weighted by Gasteiger charge is -2.32. The zero-order chi connectivity index (χ0) is 16.1. The van der Waals surface area contributed by atoms with Gasteiger partial charge in [-0.2, -0.15) is 0 Å².